The van der Waals surface area contributed by atoms with E-state index in [4.69, 9.17) is 44.6 Å². The van der Waals surface area contributed by atoms with Gasteiger partial charge < -0.3 is 9.74 Å². The van der Waals surface area contributed by atoms with E-state index in [1.54, 1.807) is 28.4 Å². The van der Waals surface area contributed by atoms with Gasteiger partial charge in [0.25, 0.3) is 0 Å². The number of carbonyl (C=O) groups is 1. The number of carbonyl (C=O) groups excluding carboxylic acids is 1. The molecule has 2 aliphatic rings. The molecule has 14 heteroatoms. The third-order valence-electron chi connectivity index (χ3n) is 6.46. The molecule has 1 atom stereocenters. The minimum absolute atomic E-state index is 0.0667. The van der Waals surface area contributed by atoms with Gasteiger partial charge in [0.05, 0.1) is 37.1 Å². The zero-order valence-corrected chi connectivity index (χ0v) is 24.0. The topological polar surface area (TPSA) is 67.7 Å². The van der Waals surface area contributed by atoms with Crippen LogP contribution in [0.3, 0.4) is 0 Å². The van der Waals surface area contributed by atoms with Crippen LogP contribution in [0.1, 0.15) is 53.1 Å². The van der Waals surface area contributed by atoms with Crippen molar-refractivity contribution in [1.29, 1.82) is 0 Å². The van der Waals surface area contributed by atoms with Gasteiger partial charge in [-0.05, 0) is 37.1 Å². The maximum absolute atomic E-state index is 12.7. The molecular weight excluding hydrogens is 616 g/mol. The zero-order chi connectivity index (χ0) is 27.7. The molecule has 2 aliphatic heterocycles. The van der Waals surface area contributed by atoms with Gasteiger partial charge >= 0.3 is 6.18 Å². The van der Waals surface area contributed by atoms with Crippen LogP contribution in [0.4, 0.5) is 13.2 Å². The van der Waals surface area contributed by atoms with E-state index in [1.165, 1.54) is 6.07 Å². The number of likely N-dealkylation sites (tertiary alicyclic amines) is 1. The van der Waals surface area contributed by atoms with E-state index in [0.717, 1.165) is 47.6 Å². The molecule has 6 nitrogen and oxygen atoms in total. The van der Waals surface area contributed by atoms with Crippen LogP contribution in [0.15, 0.2) is 46.0 Å². The minimum atomic E-state index is -4.44. The van der Waals surface area contributed by atoms with Gasteiger partial charge in [0.2, 0.25) is 5.91 Å². The van der Waals surface area contributed by atoms with E-state index in [1.807, 2.05) is 5.38 Å². The SMILES string of the molecule is O=C(CSc1ccc(C(F)(F)F)cn1)N1CCC(c2nc(C3=NOC(c4c(Cl)cc(Cl)cc4Cl)C3)cs2)CC1. The van der Waals surface area contributed by atoms with Crippen molar-refractivity contribution in [3.8, 4) is 0 Å². The molecule has 1 fully saturated rings. The highest BCUT2D eigenvalue weighted by Crippen LogP contribution is 2.40. The third kappa shape index (κ3) is 6.65. The highest BCUT2D eigenvalue weighted by atomic mass is 35.5. The van der Waals surface area contributed by atoms with Crippen LogP contribution < -0.4 is 0 Å². The summed E-state index contributed by atoms with van der Waals surface area (Å²) in [5.74, 6) is 0.270. The van der Waals surface area contributed by atoms with Crippen LogP contribution >= 0.6 is 57.9 Å². The average molecular weight is 636 g/mol. The maximum atomic E-state index is 12.7. The van der Waals surface area contributed by atoms with Gasteiger partial charge in [-0.25, -0.2) is 9.97 Å². The number of hydrogen-bond acceptors (Lipinski definition) is 7. The van der Waals surface area contributed by atoms with Crippen molar-refractivity contribution < 1.29 is 22.8 Å². The molecule has 1 amide bonds. The molecule has 4 heterocycles. The molecule has 39 heavy (non-hydrogen) atoms. The van der Waals surface area contributed by atoms with Crippen LogP contribution in [0, 0.1) is 0 Å². The van der Waals surface area contributed by atoms with E-state index in [2.05, 4.69) is 10.1 Å². The molecule has 0 saturated carbocycles. The molecule has 1 unspecified atom stereocenters. The van der Waals surface area contributed by atoms with Gasteiger partial charge in [-0.3, -0.25) is 4.79 Å². The Balaban J connectivity index is 1.12. The fourth-order valence-electron chi connectivity index (χ4n) is 4.39. The molecule has 3 aromatic rings. The van der Waals surface area contributed by atoms with Crippen molar-refractivity contribution in [2.75, 3.05) is 18.8 Å². The Morgan fingerprint density at radius 1 is 1.15 bits per heavy atom. The standard InChI is InChI=1S/C25H20Cl3F3N4O2S2/c26-15-7-16(27)23(17(28)8-15)20-9-18(34-37-20)19-11-39-24(33-19)13-3-5-35(6-4-13)22(36)12-38-21-2-1-14(10-32-21)25(29,30)31/h1-2,7-8,10-11,13,20H,3-6,9,12H2. The second-order valence-corrected chi connectivity index (χ2v) is 12.2. The number of rotatable bonds is 6. The van der Waals surface area contributed by atoms with Gasteiger partial charge in [-0.2, -0.15) is 13.2 Å². The summed E-state index contributed by atoms with van der Waals surface area (Å²) in [5, 5.41) is 8.82. The Kier molecular flexibility index (Phi) is 8.63. The first-order valence-corrected chi connectivity index (χ1v) is 14.8. The van der Waals surface area contributed by atoms with Crippen molar-refractivity contribution in [2.24, 2.45) is 5.16 Å². The summed E-state index contributed by atoms with van der Waals surface area (Å²) >= 11 is 21.4. The van der Waals surface area contributed by atoms with E-state index in [0.29, 0.717) is 50.9 Å². The molecule has 2 aromatic heterocycles. The highest BCUT2D eigenvalue weighted by Gasteiger charge is 2.32. The van der Waals surface area contributed by atoms with E-state index in [9.17, 15) is 18.0 Å². The molecule has 0 N–H and O–H groups in total. The number of aromatic nitrogens is 2. The first-order chi connectivity index (χ1) is 18.6. The molecule has 0 aliphatic carbocycles. The van der Waals surface area contributed by atoms with Crippen molar-refractivity contribution in [2.45, 2.75) is 42.5 Å². The summed E-state index contributed by atoms with van der Waals surface area (Å²) in [6.45, 7) is 1.16. The number of nitrogens with zero attached hydrogens (tertiary/aromatic N) is 4. The van der Waals surface area contributed by atoms with Crippen molar-refractivity contribution in [1.82, 2.24) is 14.9 Å². The third-order valence-corrected chi connectivity index (χ3v) is 9.24. The van der Waals surface area contributed by atoms with Crippen LogP contribution in [0.5, 0.6) is 0 Å². The number of pyridine rings is 1. The lowest BCUT2D eigenvalue weighted by atomic mass is 9.97. The van der Waals surface area contributed by atoms with Crippen LogP contribution in [0.2, 0.25) is 15.1 Å². The summed E-state index contributed by atoms with van der Waals surface area (Å²) in [6, 6.07) is 5.49. The number of piperidine rings is 1. The lowest BCUT2D eigenvalue weighted by Gasteiger charge is -2.31. The summed E-state index contributed by atoms with van der Waals surface area (Å²) in [5.41, 5.74) is 1.29. The number of halogens is 6. The smallest absolute Gasteiger partial charge is 0.387 e. The molecule has 1 saturated heterocycles. The van der Waals surface area contributed by atoms with Gasteiger partial charge in [0.15, 0.2) is 6.10 Å². The Bertz CT molecular complexity index is 1370. The second kappa shape index (κ2) is 11.8. The number of hydrogen-bond donors (Lipinski definition) is 0. The van der Waals surface area contributed by atoms with Gasteiger partial charge in [-0.1, -0.05) is 51.7 Å². The van der Waals surface area contributed by atoms with Crippen LogP contribution in [0.25, 0.3) is 0 Å². The highest BCUT2D eigenvalue weighted by molar-refractivity contribution is 7.99. The number of thiazole rings is 1. The predicted molar refractivity (Wildman–Crippen MR) is 147 cm³/mol. The van der Waals surface area contributed by atoms with Crippen molar-refractivity contribution in [3.05, 3.63) is 72.7 Å². The van der Waals surface area contributed by atoms with E-state index in [-0.39, 0.29) is 17.6 Å². The van der Waals surface area contributed by atoms with E-state index < -0.39 is 17.8 Å². The molecule has 0 spiro atoms. The van der Waals surface area contributed by atoms with Gasteiger partial charge in [0, 0.05) is 47.6 Å². The Hall–Kier alpha value is -2.05. The summed E-state index contributed by atoms with van der Waals surface area (Å²) in [7, 11) is 0. The Morgan fingerprint density at radius 3 is 2.51 bits per heavy atom. The molecule has 5 rings (SSSR count). The Morgan fingerprint density at radius 2 is 1.87 bits per heavy atom. The Labute approximate surface area is 245 Å². The summed E-state index contributed by atoms with van der Waals surface area (Å²) < 4.78 is 38.1. The molecule has 206 valence electrons. The van der Waals surface area contributed by atoms with Gasteiger partial charge in [-0.15, -0.1) is 11.3 Å². The number of alkyl halides is 3. The molecular formula is C25H20Cl3F3N4O2S2. The fourth-order valence-corrected chi connectivity index (χ4v) is 7.19. The lowest BCUT2D eigenvalue weighted by molar-refractivity contribution is -0.138. The van der Waals surface area contributed by atoms with Gasteiger partial charge in [0.1, 0.15) is 5.71 Å². The largest absolute Gasteiger partial charge is 0.417 e. The molecule has 0 bridgehead atoms. The monoisotopic (exact) mass is 634 g/mol. The van der Waals surface area contributed by atoms with Crippen LogP contribution in [-0.2, 0) is 15.8 Å². The molecule has 1 aromatic carbocycles. The first-order valence-electron chi connectivity index (χ1n) is 11.8. The minimum Gasteiger partial charge on any atom is -0.387 e. The number of benzene rings is 1. The first kappa shape index (κ1) is 28.5. The van der Waals surface area contributed by atoms with Crippen molar-refractivity contribution in [3.63, 3.8) is 0 Å². The van der Waals surface area contributed by atoms with Crippen molar-refractivity contribution >= 4 is 69.5 Å². The van der Waals surface area contributed by atoms with E-state index >= 15 is 0 Å². The second-order valence-electron chi connectivity index (χ2n) is 9.02. The quantitative estimate of drug-likeness (QED) is 0.258. The fraction of sp³-hybridized carbons (Fsp3) is 0.360. The maximum Gasteiger partial charge on any atom is 0.417 e. The average Bonchev–Trinajstić information content (AvgIpc) is 3.57. The zero-order valence-electron chi connectivity index (χ0n) is 20.1. The predicted octanol–water partition coefficient (Wildman–Crippen LogP) is 7.88. The summed E-state index contributed by atoms with van der Waals surface area (Å²) in [4.78, 5) is 28.7. The lowest BCUT2D eigenvalue weighted by Crippen LogP contribution is -2.38. The number of oxime groups is 1. The van der Waals surface area contributed by atoms with Crippen LogP contribution in [-0.4, -0.2) is 45.3 Å². The number of amides is 1. The number of thioether (sulfide) groups is 1. The summed E-state index contributed by atoms with van der Waals surface area (Å²) in [6.07, 6.45) is -2.07. The molecule has 0 radical (unpaired) electrons. The normalized spacial score (nSPS) is 18.3.